The Hall–Kier alpha value is -1.56. The number of amides is 2. The number of carboxylic acid groups (broad SMARTS) is 1. The lowest BCUT2D eigenvalue weighted by Gasteiger charge is -2.21. The van der Waals surface area contributed by atoms with Crippen molar-refractivity contribution in [2.75, 3.05) is 13.7 Å². The largest absolute Gasteiger partial charge is 0.480 e. The van der Waals surface area contributed by atoms with E-state index in [1.54, 1.807) is 0 Å². The Bertz CT molecular complexity index is 304. The molecule has 1 aliphatic carbocycles. The van der Waals surface area contributed by atoms with Crippen LogP contribution < -0.4 is 10.6 Å². The van der Waals surface area contributed by atoms with Gasteiger partial charge in [0.25, 0.3) is 0 Å². The number of carbonyl (C=O) groups excluding carboxylic acids is 1. The third kappa shape index (κ3) is 4.86. The number of urea groups is 1. The first kappa shape index (κ1) is 13.5. The zero-order chi connectivity index (χ0) is 12.7. The molecule has 2 amide bonds. The molecule has 0 bridgehead atoms. The van der Waals surface area contributed by atoms with E-state index in [0.717, 1.165) is 19.3 Å². The topological polar surface area (TPSA) is 87.7 Å². The minimum Gasteiger partial charge on any atom is -0.480 e. The molecule has 0 saturated carbocycles. The predicted octanol–water partition coefficient (Wildman–Crippen LogP) is 0.494. The van der Waals surface area contributed by atoms with Crippen LogP contribution >= 0.6 is 0 Å². The first-order chi connectivity index (χ1) is 8.13. The summed E-state index contributed by atoms with van der Waals surface area (Å²) in [5.41, 5.74) is 0. The molecule has 0 fully saturated rings. The van der Waals surface area contributed by atoms with Gasteiger partial charge in [-0.1, -0.05) is 12.2 Å². The predicted molar refractivity (Wildman–Crippen MR) is 61.7 cm³/mol. The van der Waals surface area contributed by atoms with E-state index in [1.807, 2.05) is 6.08 Å². The van der Waals surface area contributed by atoms with E-state index >= 15 is 0 Å². The van der Waals surface area contributed by atoms with Crippen molar-refractivity contribution >= 4 is 12.0 Å². The van der Waals surface area contributed by atoms with Crippen molar-refractivity contribution in [2.24, 2.45) is 0 Å². The Morgan fingerprint density at radius 3 is 2.82 bits per heavy atom. The van der Waals surface area contributed by atoms with Crippen LogP contribution in [0.1, 0.15) is 19.3 Å². The molecule has 6 heteroatoms. The van der Waals surface area contributed by atoms with E-state index in [2.05, 4.69) is 16.7 Å². The van der Waals surface area contributed by atoms with Crippen LogP contribution in [0.2, 0.25) is 0 Å². The van der Waals surface area contributed by atoms with E-state index in [9.17, 15) is 9.59 Å². The summed E-state index contributed by atoms with van der Waals surface area (Å²) in [4.78, 5) is 22.3. The molecule has 0 aromatic rings. The molecule has 0 spiro atoms. The number of ether oxygens (including phenoxy) is 1. The third-order valence-electron chi connectivity index (χ3n) is 2.54. The Labute approximate surface area is 100 Å². The smallest absolute Gasteiger partial charge is 0.328 e. The van der Waals surface area contributed by atoms with Gasteiger partial charge in [-0.3, -0.25) is 0 Å². The van der Waals surface area contributed by atoms with Crippen molar-refractivity contribution in [3.8, 4) is 0 Å². The first-order valence-electron chi connectivity index (χ1n) is 5.57. The molecule has 0 aliphatic heterocycles. The molecule has 0 aromatic carbocycles. The van der Waals surface area contributed by atoms with Gasteiger partial charge in [-0.25, -0.2) is 9.59 Å². The number of hydrogen-bond donors (Lipinski definition) is 3. The highest BCUT2D eigenvalue weighted by Crippen LogP contribution is 2.10. The van der Waals surface area contributed by atoms with Gasteiger partial charge in [0.15, 0.2) is 6.04 Å². The van der Waals surface area contributed by atoms with Crippen molar-refractivity contribution in [1.82, 2.24) is 10.6 Å². The third-order valence-corrected chi connectivity index (χ3v) is 2.54. The summed E-state index contributed by atoms with van der Waals surface area (Å²) in [7, 11) is 1.39. The van der Waals surface area contributed by atoms with Gasteiger partial charge >= 0.3 is 12.0 Å². The molecule has 0 aromatic heterocycles. The number of carboxylic acids is 1. The molecule has 96 valence electrons. The molecule has 2 unspecified atom stereocenters. The lowest BCUT2D eigenvalue weighted by Crippen LogP contribution is -2.50. The Kier molecular flexibility index (Phi) is 5.48. The Morgan fingerprint density at radius 2 is 2.29 bits per heavy atom. The second-order valence-corrected chi connectivity index (χ2v) is 3.95. The standard InChI is InChI=1S/C11H18N2O4/c1-17-7-9(10(14)15)13-11(16)12-8-5-3-2-4-6-8/h2-3,8-9H,4-7H2,1H3,(H,14,15)(H2,12,13,16). The van der Waals surface area contributed by atoms with Crippen molar-refractivity contribution in [3.63, 3.8) is 0 Å². The highest BCUT2D eigenvalue weighted by molar-refractivity contribution is 5.82. The normalized spacial score (nSPS) is 20.6. The summed E-state index contributed by atoms with van der Waals surface area (Å²) < 4.78 is 4.72. The van der Waals surface area contributed by atoms with Crippen LogP contribution in [0.15, 0.2) is 12.2 Å². The second-order valence-electron chi connectivity index (χ2n) is 3.95. The van der Waals surface area contributed by atoms with Crippen LogP contribution in [0.4, 0.5) is 4.79 Å². The fourth-order valence-electron chi connectivity index (χ4n) is 1.65. The lowest BCUT2D eigenvalue weighted by atomic mass is 10.0. The van der Waals surface area contributed by atoms with Gasteiger partial charge in [0, 0.05) is 13.2 Å². The van der Waals surface area contributed by atoms with Crippen LogP contribution in [-0.4, -0.2) is 42.9 Å². The highest BCUT2D eigenvalue weighted by Gasteiger charge is 2.21. The first-order valence-corrected chi connectivity index (χ1v) is 5.57. The molecular formula is C11H18N2O4. The maximum absolute atomic E-state index is 11.5. The van der Waals surface area contributed by atoms with Gasteiger partial charge in [-0.05, 0) is 19.3 Å². The van der Waals surface area contributed by atoms with E-state index in [-0.39, 0.29) is 12.6 Å². The molecule has 17 heavy (non-hydrogen) atoms. The average Bonchev–Trinajstić information content (AvgIpc) is 2.29. The summed E-state index contributed by atoms with van der Waals surface area (Å²) >= 11 is 0. The van der Waals surface area contributed by atoms with E-state index in [4.69, 9.17) is 9.84 Å². The molecule has 1 aliphatic rings. The van der Waals surface area contributed by atoms with Crippen molar-refractivity contribution in [2.45, 2.75) is 31.3 Å². The summed E-state index contributed by atoms with van der Waals surface area (Å²) in [6.07, 6.45) is 6.69. The van der Waals surface area contributed by atoms with Crippen LogP contribution in [0.5, 0.6) is 0 Å². The lowest BCUT2D eigenvalue weighted by molar-refractivity contribution is -0.140. The fraction of sp³-hybridized carbons (Fsp3) is 0.636. The van der Waals surface area contributed by atoms with Crippen molar-refractivity contribution in [3.05, 3.63) is 12.2 Å². The molecular weight excluding hydrogens is 224 g/mol. The number of carbonyl (C=O) groups is 2. The summed E-state index contributed by atoms with van der Waals surface area (Å²) in [6.45, 7) is -0.0483. The molecule has 0 radical (unpaired) electrons. The number of allylic oxidation sites excluding steroid dienone is 1. The summed E-state index contributed by atoms with van der Waals surface area (Å²) in [5, 5.41) is 13.9. The number of methoxy groups -OCH3 is 1. The van der Waals surface area contributed by atoms with E-state index < -0.39 is 18.0 Å². The number of hydrogen-bond acceptors (Lipinski definition) is 3. The van der Waals surface area contributed by atoms with Gasteiger partial charge in [-0.15, -0.1) is 0 Å². The maximum atomic E-state index is 11.5. The van der Waals surface area contributed by atoms with Crippen LogP contribution in [0.3, 0.4) is 0 Å². The van der Waals surface area contributed by atoms with Crippen molar-refractivity contribution < 1.29 is 19.4 Å². The minimum atomic E-state index is -1.11. The number of rotatable bonds is 5. The van der Waals surface area contributed by atoms with Gasteiger partial charge in [0.1, 0.15) is 0 Å². The molecule has 3 N–H and O–H groups in total. The second kappa shape index (κ2) is 6.90. The van der Waals surface area contributed by atoms with E-state index in [1.165, 1.54) is 7.11 Å². The monoisotopic (exact) mass is 242 g/mol. The van der Waals surface area contributed by atoms with Crippen LogP contribution in [0.25, 0.3) is 0 Å². The Balaban J connectivity index is 2.36. The summed E-state index contributed by atoms with van der Waals surface area (Å²) in [6, 6.07) is -1.40. The summed E-state index contributed by atoms with van der Waals surface area (Å²) in [5.74, 6) is -1.11. The van der Waals surface area contributed by atoms with Crippen molar-refractivity contribution in [1.29, 1.82) is 0 Å². The van der Waals surface area contributed by atoms with Gasteiger partial charge in [-0.2, -0.15) is 0 Å². The molecule has 0 heterocycles. The van der Waals surface area contributed by atoms with Crippen LogP contribution in [0, 0.1) is 0 Å². The van der Waals surface area contributed by atoms with Gasteiger partial charge in [0.2, 0.25) is 0 Å². The maximum Gasteiger partial charge on any atom is 0.328 e. The SMILES string of the molecule is COCC(NC(=O)NC1CC=CCC1)C(=O)O. The average molecular weight is 242 g/mol. The highest BCUT2D eigenvalue weighted by atomic mass is 16.5. The Morgan fingerprint density at radius 1 is 1.53 bits per heavy atom. The number of nitrogens with one attached hydrogen (secondary N) is 2. The fourth-order valence-corrected chi connectivity index (χ4v) is 1.65. The van der Waals surface area contributed by atoms with Gasteiger partial charge in [0.05, 0.1) is 6.61 Å². The van der Waals surface area contributed by atoms with E-state index in [0.29, 0.717) is 0 Å². The zero-order valence-corrected chi connectivity index (χ0v) is 9.81. The minimum absolute atomic E-state index is 0.0483. The van der Waals surface area contributed by atoms with Gasteiger partial charge < -0.3 is 20.5 Å². The van der Waals surface area contributed by atoms with Crippen LogP contribution in [-0.2, 0) is 9.53 Å². The number of aliphatic carboxylic acids is 1. The molecule has 2 atom stereocenters. The quantitative estimate of drug-likeness (QED) is 0.612. The molecule has 0 saturated heterocycles. The molecule has 6 nitrogen and oxygen atoms in total. The zero-order valence-electron chi connectivity index (χ0n) is 9.81. The molecule has 1 rings (SSSR count).